The third kappa shape index (κ3) is 4.08. The van der Waals surface area contributed by atoms with Crippen LogP contribution in [-0.2, 0) is 10.0 Å². The summed E-state index contributed by atoms with van der Waals surface area (Å²) in [5.74, 6) is 0.773. The molecule has 1 aromatic heterocycles. The molecular formula is C23H26N4O2S. The average molecular weight is 423 g/mol. The summed E-state index contributed by atoms with van der Waals surface area (Å²) in [5, 5.41) is 8.79. The van der Waals surface area contributed by atoms with E-state index in [1.54, 1.807) is 22.5 Å². The van der Waals surface area contributed by atoms with Crippen LogP contribution < -0.4 is 4.90 Å². The molecule has 0 amide bonds. The molecule has 2 aromatic carbocycles. The van der Waals surface area contributed by atoms with Gasteiger partial charge in [0.15, 0.2) is 5.82 Å². The number of hydrogen-bond acceptors (Lipinski definition) is 5. The van der Waals surface area contributed by atoms with E-state index in [2.05, 4.69) is 47.1 Å². The maximum atomic E-state index is 12.9. The molecule has 156 valence electrons. The molecule has 1 aliphatic heterocycles. The standard InChI is InChI=1S/C23H26N4O2S/c1-17-5-4-6-21(15-17)30(28,29)27-13-11-26(12-14-27)23-10-9-22(24-25-23)20-8-7-18(2)19(3)16-20/h4-10,15-16H,11-14H2,1-3H3. The Morgan fingerprint density at radius 1 is 0.800 bits per heavy atom. The first-order chi connectivity index (χ1) is 14.3. The number of rotatable bonds is 4. The molecule has 4 rings (SSSR count). The summed E-state index contributed by atoms with van der Waals surface area (Å²) in [6.45, 7) is 8.11. The third-order valence-corrected chi connectivity index (χ3v) is 7.54. The Bertz CT molecular complexity index is 1150. The molecule has 0 saturated carbocycles. The molecule has 3 aromatic rings. The summed E-state index contributed by atoms with van der Waals surface area (Å²) in [5.41, 5.74) is 5.30. The summed E-state index contributed by atoms with van der Waals surface area (Å²) in [7, 11) is -3.47. The molecular weight excluding hydrogens is 396 g/mol. The van der Waals surface area contributed by atoms with Crippen molar-refractivity contribution in [2.24, 2.45) is 0 Å². The Balaban J connectivity index is 1.44. The van der Waals surface area contributed by atoms with Gasteiger partial charge in [-0.1, -0.05) is 24.3 Å². The molecule has 7 heteroatoms. The lowest BCUT2D eigenvalue weighted by Crippen LogP contribution is -2.49. The summed E-state index contributed by atoms with van der Waals surface area (Å²) in [4.78, 5) is 2.44. The summed E-state index contributed by atoms with van der Waals surface area (Å²) in [6.07, 6.45) is 0. The van der Waals surface area contributed by atoms with E-state index in [0.29, 0.717) is 31.1 Å². The minimum Gasteiger partial charge on any atom is -0.352 e. The van der Waals surface area contributed by atoms with Gasteiger partial charge in [0.1, 0.15) is 0 Å². The normalized spacial score (nSPS) is 15.4. The van der Waals surface area contributed by atoms with Crippen molar-refractivity contribution in [3.8, 4) is 11.3 Å². The van der Waals surface area contributed by atoms with E-state index in [0.717, 1.165) is 22.6 Å². The number of anilines is 1. The van der Waals surface area contributed by atoms with E-state index >= 15 is 0 Å². The minimum atomic E-state index is -3.47. The van der Waals surface area contributed by atoms with Gasteiger partial charge in [0.25, 0.3) is 0 Å². The van der Waals surface area contributed by atoms with Gasteiger partial charge >= 0.3 is 0 Å². The highest BCUT2D eigenvalue weighted by atomic mass is 32.2. The van der Waals surface area contributed by atoms with Gasteiger partial charge < -0.3 is 4.90 Å². The van der Waals surface area contributed by atoms with Gasteiger partial charge in [0, 0.05) is 31.7 Å². The predicted molar refractivity (Wildman–Crippen MR) is 119 cm³/mol. The van der Waals surface area contributed by atoms with E-state index in [1.807, 2.05) is 25.1 Å². The van der Waals surface area contributed by atoms with Gasteiger partial charge in [-0.05, 0) is 67.8 Å². The van der Waals surface area contributed by atoms with Gasteiger partial charge in [-0.25, -0.2) is 8.42 Å². The number of hydrogen-bond donors (Lipinski definition) is 0. The second-order valence-electron chi connectivity index (χ2n) is 7.78. The van der Waals surface area contributed by atoms with Crippen molar-refractivity contribution in [1.29, 1.82) is 0 Å². The highest BCUT2D eigenvalue weighted by Crippen LogP contribution is 2.23. The number of sulfonamides is 1. The van der Waals surface area contributed by atoms with E-state index in [9.17, 15) is 8.42 Å². The number of aryl methyl sites for hydroxylation is 3. The molecule has 0 atom stereocenters. The first-order valence-corrected chi connectivity index (χ1v) is 11.5. The van der Waals surface area contributed by atoms with Crippen molar-refractivity contribution in [3.63, 3.8) is 0 Å². The lowest BCUT2D eigenvalue weighted by molar-refractivity contribution is 0.383. The maximum Gasteiger partial charge on any atom is 0.243 e. The van der Waals surface area contributed by atoms with Gasteiger partial charge in [0.05, 0.1) is 10.6 Å². The second-order valence-corrected chi connectivity index (χ2v) is 9.72. The number of benzene rings is 2. The molecule has 2 heterocycles. The summed E-state index contributed by atoms with van der Waals surface area (Å²) >= 11 is 0. The SMILES string of the molecule is Cc1cccc(S(=O)(=O)N2CCN(c3ccc(-c4ccc(C)c(C)c4)nn3)CC2)c1. The van der Waals surface area contributed by atoms with E-state index in [-0.39, 0.29) is 0 Å². The van der Waals surface area contributed by atoms with Crippen LogP contribution >= 0.6 is 0 Å². The fourth-order valence-corrected chi connectivity index (χ4v) is 5.16. The largest absolute Gasteiger partial charge is 0.352 e. The monoisotopic (exact) mass is 422 g/mol. The highest BCUT2D eigenvalue weighted by molar-refractivity contribution is 7.89. The van der Waals surface area contributed by atoms with Crippen LogP contribution in [0, 0.1) is 20.8 Å². The number of nitrogens with zero attached hydrogens (tertiary/aromatic N) is 4. The van der Waals surface area contributed by atoms with E-state index in [4.69, 9.17) is 0 Å². The minimum absolute atomic E-state index is 0.355. The predicted octanol–water partition coefficient (Wildman–Crippen LogP) is 3.58. The zero-order valence-electron chi connectivity index (χ0n) is 17.5. The van der Waals surface area contributed by atoms with E-state index in [1.165, 1.54) is 11.1 Å². The molecule has 0 spiro atoms. The number of aromatic nitrogens is 2. The Kier molecular flexibility index (Phi) is 5.58. The zero-order chi connectivity index (χ0) is 21.3. The van der Waals surface area contributed by atoms with Crippen LogP contribution in [0.3, 0.4) is 0 Å². The van der Waals surface area contributed by atoms with Crippen LogP contribution in [0.1, 0.15) is 16.7 Å². The first kappa shape index (κ1) is 20.5. The van der Waals surface area contributed by atoms with Crippen LogP contribution in [0.4, 0.5) is 5.82 Å². The molecule has 0 N–H and O–H groups in total. The van der Waals surface area contributed by atoms with Crippen LogP contribution in [0.25, 0.3) is 11.3 Å². The average Bonchev–Trinajstić information content (AvgIpc) is 2.76. The van der Waals surface area contributed by atoms with Crippen molar-refractivity contribution < 1.29 is 8.42 Å². The molecule has 0 aliphatic carbocycles. The van der Waals surface area contributed by atoms with E-state index < -0.39 is 10.0 Å². The van der Waals surface area contributed by atoms with Crippen molar-refractivity contribution in [3.05, 3.63) is 71.3 Å². The molecule has 1 saturated heterocycles. The quantitative estimate of drug-likeness (QED) is 0.643. The van der Waals surface area contributed by atoms with Gasteiger partial charge in [-0.15, -0.1) is 10.2 Å². The van der Waals surface area contributed by atoms with Crippen LogP contribution in [0.2, 0.25) is 0 Å². The fourth-order valence-electron chi connectivity index (χ4n) is 3.63. The van der Waals surface area contributed by atoms with Gasteiger partial charge in [-0.3, -0.25) is 0 Å². The highest BCUT2D eigenvalue weighted by Gasteiger charge is 2.29. The van der Waals surface area contributed by atoms with Crippen LogP contribution in [0.15, 0.2) is 59.5 Å². The molecule has 30 heavy (non-hydrogen) atoms. The molecule has 0 unspecified atom stereocenters. The second kappa shape index (κ2) is 8.16. The third-order valence-electron chi connectivity index (χ3n) is 5.64. The molecule has 1 aliphatic rings. The van der Waals surface area contributed by atoms with Gasteiger partial charge in [-0.2, -0.15) is 4.31 Å². The Morgan fingerprint density at radius 2 is 1.57 bits per heavy atom. The topological polar surface area (TPSA) is 66.4 Å². The van der Waals surface area contributed by atoms with Gasteiger partial charge in [0.2, 0.25) is 10.0 Å². The molecule has 0 radical (unpaired) electrons. The van der Waals surface area contributed by atoms with Crippen molar-refractivity contribution in [1.82, 2.24) is 14.5 Å². The Morgan fingerprint density at radius 3 is 2.20 bits per heavy atom. The van der Waals surface area contributed by atoms with Crippen LogP contribution in [-0.4, -0.2) is 49.1 Å². The van der Waals surface area contributed by atoms with Crippen molar-refractivity contribution >= 4 is 15.8 Å². The smallest absolute Gasteiger partial charge is 0.243 e. The lowest BCUT2D eigenvalue weighted by atomic mass is 10.0. The Hall–Kier alpha value is -2.77. The molecule has 6 nitrogen and oxygen atoms in total. The lowest BCUT2D eigenvalue weighted by Gasteiger charge is -2.34. The van der Waals surface area contributed by atoms with Crippen molar-refractivity contribution in [2.75, 3.05) is 31.1 Å². The summed E-state index contributed by atoms with van der Waals surface area (Å²) < 4.78 is 27.4. The van der Waals surface area contributed by atoms with Crippen LogP contribution in [0.5, 0.6) is 0 Å². The van der Waals surface area contributed by atoms with Crippen molar-refractivity contribution in [2.45, 2.75) is 25.7 Å². The fraction of sp³-hybridized carbons (Fsp3) is 0.304. The molecule has 0 bridgehead atoms. The summed E-state index contributed by atoms with van der Waals surface area (Å²) in [6, 6.07) is 17.3. The molecule has 1 fully saturated rings. The first-order valence-electron chi connectivity index (χ1n) is 10.1. The number of piperazine rings is 1. The Labute approximate surface area is 178 Å². The maximum absolute atomic E-state index is 12.9. The zero-order valence-corrected chi connectivity index (χ0v) is 18.4.